The summed E-state index contributed by atoms with van der Waals surface area (Å²) in [6.07, 6.45) is 1.55. The summed E-state index contributed by atoms with van der Waals surface area (Å²) < 4.78 is 1.89. The van der Waals surface area contributed by atoms with E-state index in [1.54, 1.807) is 11.8 Å². The predicted molar refractivity (Wildman–Crippen MR) is 60.8 cm³/mol. The molecular weight excluding hydrogens is 226 g/mol. The Hall–Kier alpha value is -1.08. The molecule has 1 unspecified atom stereocenters. The number of nitrogens with zero attached hydrogens (tertiary/aromatic N) is 3. The van der Waals surface area contributed by atoms with Crippen LogP contribution in [0, 0.1) is 0 Å². The van der Waals surface area contributed by atoms with Gasteiger partial charge in [-0.05, 0) is 6.42 Å². The second-order valence-corrected chi connectivity index (χ2v) is 4.76. The number of amides is 1. The molecule has 1 atom stereocenters. The molecule has 0 saturated carbocycles. The van der Waals surface area contributed by atoms with E-state index in [0.717, 1.165) is 23.2 Å². The fourth-order valence-corrected chi connectivity index (χ4v) is 2.62. The van der Waals surface area contributed by atoms with Gasteiger partial charge in [0, 0.05) is 25.3 Å². The molecule has 16 heavy (non-hydrogen) atoms. The van der Waals surface area contributed by atoms with Gasteiger partial charge in [-0.25, -0.2) is 0 Å². The van der Waals surface area contributed by atoms with Crippen molar-refractivity contribution in [2.75, 3.05) is 5.75 Å². The second-order valence-electron chi connectivity index (χ2n) is 3.78. The minimum Gasteiger partial charge on any atom is -0.353 e. The van der Waals surface area contributed by atoms with Crippen LogP contribution in [0.3, 0.4) is 0 Å². The SMILES string of the molecule is Cn1c(CN)nnc1SCC1CCC(=O)N1. The van der Waals surface area contributed by atoms with Crippen molar-refractivity contribution < 1.29 is 4.79 Å². The van der Waals surface area contributed by atoms with E-state index in [-0.39, 0.29) is 11.9 Å². The molecule has 0 bridgehead atoms. The molecule has 1 aliphatic rings. The molecule has 1 saturated heterocycles. The molecule has 0 radical (unpaired) electrons. The van der Waals surface area contributed by atoms with E-state index in [4.69, 9.17) is 5.73 Å². The molecular formula is C9H15N5OS. The maximum Gasteiger partial charge on any atom is 0.220 e. The summed E-state index contributed by atoms with van der Waals surface area (Å²) in [4.78, 5) is 11.0. The van der Waals surface area contributed by atoms with Crippen molar-refractivity contribution >= 4 is 17.7 Å². The van der Waals surface area contributed by atoms with E-state index in [9.17, 15) is 4.79 Å². The summed E-state index contributed by atoms with van der Waals surface area (Å²) in [5.74, 6) is 1.76. The lowest BCUT2D eigenvalue weighted by Crippen LogP contribution is -2.27. The Balaban J connectivity index is 1.89. The van der Waals surface area contributed by atoms with Gasteiger partial charge in [0.05, 0.1) is 6.54 Å². The summed E-state index contributed by atoms with van der Waals surface area (Å²) in [6.45, 7) is 0.393. The molecule has 3 N–H and O–H groups in total. The lowest BCUT2D eigenvalue weighted by molar-refractivity contribution is -0.119. The molecule has 6 nitrogen and oxygen atoms in total. The quantitative estimate of drug-likeness (QED) is 0.703. The number of hydrogen-bond acceptors (Lipinski definition) is 5. The van der Waals surface area contributed by atoms with Crippen LogP contribution < -0.4 is 11.1 Å². The van der Waals surface area contributed by atoms with Gasteiger partial charge in [-0.2, -0.15) is 0 Å². The van der Waals surface area contributed by atoms with E-state index in [1.807, 2.05) is 11.6 Å². The number of nitrogens with two attached hydrogens (primary N) is 1. The van der Waals surface area contributed by atoms with Gasteiger partial charge in [0.1, 0.15) is 5.82 Å². The molecule has 88 valence electrons. The fraction of sp³-hybridized carbons (Fsp3) is 0.667. The van der Waals surface area contributed by atoms with Gasteiger partial charge >= 0.3 is 0 Å². The topological polar surface area (TPSA) is 85.8 Å². The number of nitrogens with one attached hydrogen (secondary N) is 1. The molecule has 1 aromatic rings. The van der Waals surface area contributed by atoms with E-state index >= 15 is 0 Å². The highest BCUT2D eigenvalue weighted by Gasteiger charge is 2.21. The molecule has 1 amide bonds. The van der Waals surface area contributed by atoms with E-state index < -0.39 is 0 Å². The minimum atomic E-state index is 0.145. The van der Waals surface area contributed by atoms with Crippen LogP contribution in [0.5, 0.6) is 0 Å². The van der Waals surface area contributed by atoms with Crippen LogP contribution in [0.4, 0.5) is 0 Å². The number of aromatic nitrogens is 3. The van der Waals surface area contributed by atoms with Crippen molar-refractivity contribution in [1.29, 1.82) is 0 Å². The molecule has 0 spiro atoms. The Labute approximate surface area is 98.0 Å². The van der Waals surface area contributed by atoms with Crippen molar-refractivity contribution in [1.82, 2.24) is 20.1 Å². The normalized spacial score (nSPS) is 20.1. The van der Waals surface area contributed by atoms with Gasteiger partial charge in [-0.1, -0.05) is 11.8 Å². The molecule has 1 fully saturated rings. The number of carbonyl (C=O) groups is 1. The third-order valence-electron chi connectivity index (χ3n) is 2.61. The van der Waals surface area contributed by atoms with Crippen molar-refractivity contribution in [3.8, 4) is 0 Å². The van der Waals surface area contributed by atoms with Gasteiger partial charge in [0.2, 0.25) is 5.91 Å². The second kappa shape index (κ2) is 4.84. The van der Waals surface area contributed by atoms with Crippen LogP contribution in [0.1, 0.15) is 18.7 Å². The number of thioether (sulfide) groups is 1. The molecule has 0 aromatic carbocycles. The highest BCUT2D eigenvalue weighted by atomic mass is 32.2. The first kappa shape index (κ1) is 11.4. The first-order valence-electron chi connectivity index (χ1n) is 5.21. The van der Waals surface area contributed by atoms with E-state index in [1.165, 1.54) is 0 Å². The Morgan fingerprint density at radius 2 is 2.44 bits per heavy atom. The lowest BCUT2D eigenvalue weighted by atomic mass is 10.2. The van der Waals surface area contributed by atoms with Gasteiger partial charge in [-0.15, -0.1) is 10.2 Å². The zero-order valence-corrected chi connectivity index (χ0v) is 9.96. The summed E-state index contributed by atoms with van der Waals surface area (Å²) in [6, 6.07) is 0.260. The van der Waals surface area contributed by atoms with Crippen molar-refractivity contribution in [2.24, 2.45) is 12.8 Å². The Kier molecular flexibility index (Phi) is 3.45. The van der Waals surface area contributed by atoms with Gasteiger partial charge in [-0.3, -0.25) is 4.79 Å². The lowest BCUT2D eigenvalue weighted by Gasteiger charge is -2.08. The van der Waals surface area contributed by atoms with Crippen LogP contribution in [-0.2, 0) is 18.4 Å². The molecule has 2 heterocycles. The first-order valence-corrected chi connectivity index (χ1v) is 6.19. The van der Waals surface area contributed by atoms with E-state index in [0.29, 0.717) is 13.0 Å². The van der Waals surface area contributed by atoms with Crippen molar-refractivity contribution in [3.05, 3.63) is 5.82 Å². The number of carbonyl (C=O) groups excluding carboxylic acids is 1. The van der Waals surface area contributed by atoms with Gasteiger partial charge in [0.25, 0.3) is 0 Å². The Bertz CT molecular complexity index is 391. The van der Waals surface area contributed by atoms with E-state index in [2.05, 4.69) is 15.5 Å². The largest absolute Gasteiger partial charge is 0.353 e. The molecule has 2 rings (SSSR count). The third-order valence-corrected chi connectivity index (χ3v) is 3.79. The van der Waals surface area contributed by atoms with Crippen LogP contribution in [0.15, 0.2) is 5.16 Å². The summed E-state index contributed by atoms with van der Waals surface area (Å²) in [7, 11) is 1.90. The van der Waals surface area contributed by atoms with Crippen LogP contribution >= 0.6 is 11.8 Å². The highest BCUT2D eigenvalue weighted by Crippen LogP contribution is 2.19. The zero-order chi connectivity index (χ0) is 11.5. The highest BCUT2D eigenvalue weighted by molar-refractivity contribution is 7.99. The fourth-order valence-electron chi connectivity index (χ4n) is 1.63. The Morgan fingerprint density at radius 1 is 1.62 bits per heavy atom. The first-order chi connectivity index (χ1) is 7.70. The zero-order valence-electron chi connectivity index (χ0n) is 9.14. The van der Waals surface area contributed by atoms with Crippen molar-refractivity contribution in [3.63, 3.8) is 0 Å². The summed E-state index contributed by atoms with van der Waals surface area (Å²) >= 11 is 1.60. The van der Waals surface area contributed by atoms with Crippen LogP contribution in [0.25, 0.3) is 0 Å². The Morgan fingerprint density at radius 3 is 3.00 bits per heavy atom. The minimum absolute atomic E-state index is 0.145. The maximum atomic E-state index is 11.0. The van der Waals surface area contributed by atoms with Gasteiger partial charge in [0.15, 0.2) is 5.16 Å². The predicted octanol–water partition coefficient (Wildman–Crippen LogP) is -0.355. The smallest absolute Gasteiger partial charge is 0.220 e. The maximum absolute atomic E-state index is 11.0. The average molecular weight is 241 g/mol. The number of rotatable bonds is 4. The third kappa shape index (κ3) is 2.35. The monoisotopic (exact) mass is 241 g/mol. The standard InChI is InChI=1S/C9H15N5OS/c1-14-7(4-10)12-13-9(14)16-5-6-2-3-8(15)11-6/h6H,2-5,10H2,1H3,(H,11,15). The summed E-state index contributed by atoms with van der Waals surface area (Å²) in [5.41, 5.74) is 5.51. The molecule has 7 heteroatoms. The molecule has 1 aliphatic heterocycles. The molecule has 0 aliphatic carbocycles. The van der Waals surface area contributed by atoms with Crippen molar-refractivity contribution in [2.45, 2.75) is 30.6 Å². The average Bonchev–Trinajstić information content (AvgIpc) is 2.83. The number of hydrogen-bond donors (Lipinski definition) is 2. The molecule has 1 aromatic heterocycles. The van der Waals surface area contributed by atoms with Crippen LogP contribution in [0.2, 0.25) is 0 Å². The van der Waals surface area contributed by atoms with Gasteiger partial charge < -0.3 is 15.6 Å². The summed E-state index contributed by atoms with van der Waals surface area (Å²) in [5, 5.41) is 11.8. The van der Waals surface area contributed by atoms with Crippen LogP contribution in [-0.4, -0.2) is 32.5 Å².